The minimum absolute atomic E-state index is 0.302. The lowest BCUT2D eigenvalue weighted by Crippen LogP contribution is -2.10. The summed E-state index contributed by atoms with van der Waals surface area (Å²) in [6, 6.07) is 12.4. The number of anilines is 1. The fourth-order valence-corrected chi connectivity index (χ4v) is 2.59. The molecule has 2 nitrogen and oxygen atoms in total. The van der Waals surface area contributed by atoms with Crippen LogP contribution in [0.15, 0.2) is 46.9 Å². The SMILES string of the molecule is CN(C)c1cccc(C(O)Cc2cc(F)cc(Br)c2)c1. The summed E-state index contributed by atoms with van der Waals surface area (Å²) in [7, 11) is 3.91. The lowest BCUT2D eigenvalue weighted by atomic mass is 10.0. The normalized spacial score (nSPS) is 12.2. The highest BCUT2D eigenvalue weighted by Gasteiger charge is 2.11. The van der Waals surface area contributed by atoms with E-state index in [4.69, 9.17) is 0 Å². The van der Waals surface area contributed by atoms with Crippen molar-refractivity contribution in [1.82, 2.24) is 0 Å². The molecule has 0 aliphatic heterocycles. The van der Waals surface area contributed by atoms with Gasteiger partial charge in [0.25, 0.3) is 0 Å². The van der Waals surface area contributed by atoms with Crippen LogP contribution in [0.2, 0.25) is 0 Å². The van der Waals surface area contributed by atoms with E-state index >= 15 is 0 Å². The van der Waals surface area contributed by atoms with Gasteiger partial charge in [0.15, 0.2) is 0 Å². The number of rotatable bonds is 4. The fourth-order valence-electron chi connectivity index (χ4n) is 2.08. The molecular weight excluding hydrogens is 321 g/mol. The van der Waals surface area contributed by atoms with E-state index in [1.165, 1.54) is 12.1 Å². The maximum Gasteiger partial charge on any atom is 0.124 e. The first-order valence-electron chi connectivity index (χ1n) is 6.36. The van der Waals surface area contributed by atoms with Crippen molar-refractivity contribution in [2.24, 2.45) is 0 Å². The topological polar surface area (TPSA) is 23.5 Å². The zero-order chi connectivity index (χ0) is 14.7. The quantitative estimate of drug-likeness (QED) is 0.913. The lowest BCUT2D eigenvalue weighted by molar-refractivity contribution is 0.178. The first-order chi connectivity index (χ1) is 9.45. The third-order valence-corrected chi connectivity index (χ3v) is 3.58. The van der Waals surface area contributed by atoms with Gasteiger partial charge in [-0.1, -0.05) is 28.1 Å². The molecule has 0 heterocycles. The highest BCUT2D eigenvalue weighted by molar-refractivity contribution is 9.10. The van der Waals surface area contributed by atoms with Crippen LogP contribution in [0, 0.1) is 5.82 Å². The van der Waals surface area contributed by atoms with Gasteiger partial charge in [0.05, 0.1) is 6.10 Å². The van der Waals surface area contributed by atoms with Crippen LogP contribution in [0.1, 0.15) is 17.2 Å². The Morgan fingerprint density at radius 2 is 1.95 bits per heavy atom. The van der Waals surface area contributed by atoms with Crippen molar-refractivity contribution in [3.8, 4) is 0 Å². The van der Waals surface area contributed by atoms with Crippen LogP contribution in [-0.2, 0) is 6.42 Å². The molecule has 0 spiro atoms. The molecule has 0 radical (unpaired) electrons. The molecule has 2 aromatic carbocycles. The first-order valence-corrected chi connectivity index (χ1v) is 7.15. The van der Waals surface area contributed by atoms with E-state index in [1.807, 2.05) is 49.3 Å². The van der Waals surface area contributed by atoms with Gasteiger partial charge in [0, 0.05) is 30.7 Å². The van der Waals surface area contributed by atoms with Crippen molar-refractivity contribution < 1.29 is 9.50 Å². The van der Waals surface area contributed by atoms with E-state index in [0.717, 1.165) is 16.8 Å². The Morgan fingerprint density at radius 3 is 2.60 bits per heavy atom. The van der Waals surface area contributed by atoms with Crippen molar-refractivity contribution in [1.29, 1.82) is 0 Å². The second-order valence-corrected chi connectivity index (χ2v) is 5.90. The molecule has 0 saturated carbocycles. The van der Waals surface area contributed by atoms with E-state index in [-0.39, 0.29) is 5.82 Å². The van der Waals surface area contributed by atoms with Crippen molar-refractivity contribution in [2.45, 2.75) is 12.5 Å². The molecule has 0 aromatic heterocycles. The number of nitrogens with zero attached hydrogens (tertiary/aromatic N) is 1. The summed E-state index contributed by atoms with van der Waals surface area (Å²) in [5, 5.41) is 10.3. The number of hydrogen-bond donors (Lipinski definition) is 1. The summed E-state index contributed by atoms with van der Waals surface area (Å²) in [5.41, 5.74) is 2.62. The number of benzene rings is 2. The maximum absolute atomic E-state index is 13.3. The second kappa shape index (κ2) is 6.37. The van der Waals surface area contributed by atoms with Crippen LogP contribution in [0.3, 0.4) is 0 Å². The summed E-state index contributed by atoms with van der Waals surface area (Å²) < 4.78 is 14.0. The molecule has 1 N–H and O–H groups in total. The fraction of sp³-hybridized carbons (Fsp3) is 0.250. The van der Waals surface area contributed by atoms with Crippen molar-refractivity contribution in [3.63, 3.8) is 0 Å². The molecule has 2 aromatic rings. The van der Waals surface area contributed by atoms with E-state index in [1.54, 1.807) is 0 Å². The van der Waals surface area contributed by atoms with Gasteiger partial charge in [0.1, 0.15) is 5.82 Å². The van der Waals surface area contributed by atoms with Gasteiger partial charge in [-0.3, -0.25) is 0 Å². The van der Waals surface area contributed by atoms with E-state index < -0.39 is 6.10 Å². The van der Waals surface area contributed by atoms with Gasteiger partial charge >= 0.3 is 0 Å². The minimum Gasteiger partial charge on any atom is -0.388 e. The van der Waals surface area contributed by atoms with Crippen LogP contribution < -0.4 is 4.90 Å². The van der Waals surface area contributed by atoms with E-state index in [9.17, 15) is 9.50 Å². The maximum atomic E-state index is 13.3. The van der Waals surface area contributed by atoms with Crippen LogP contribution in [0.4, 0.5) is 10.1 Å². The number of halogens is 2. The summed E-state index contributed by atoms with van der Waals surface area (Å²) >= 11 is 3.26. The zero-order valence-electron chi connectivity index (χ0n) is 11.5. The molecule has 0 saturated heterocycles. The summed E-state index contributed by atoms with van der Waals surface area (Å²) in [6.07, 6.45) is -0.267. The Balaban J connectivity index is 2.19. The van der Waals surface area contributed by atoms with Gasteiger partial charge in [-0.25, -0.2) is 4.39 Å². The van der Waals surface area contributed by atoms with Gasteiger partial charge in [0.2, 0.25) is 0 Å². The molecule has 0 aliphatic rings. The third-order valence-electron chi connectivity index (χ3n) is 3.12. The zero-order valence-corrected chi connectivity index (χ0v) is 13.1. The molecule has 1 unspecified atom stereocenters. The average Bonchev–Trinajstić information content (AvgIpc) is 2.37. The molecule has 0 fully saturated rings. The number of aliphatic hydroxyl groups excluding tert-OH is 1. The summed E-state index contributed by atoms with van der Waals surface area (Å²) in [4.78, 5) is 1.98. The van der Waals surface area contributed by atoms with E-state index in [0.29, 0.717) is 10.9 Å². The molecule has 0 aliphatic carbocycles. The Kier molecular flexibility index (Phi) is 4.78. The van der Waals surface area contributed by atoms with Crippen LogP contribution in [-0.4, -0.2) is 19.2 Å². The van der Waals surface area contributed by atoms with Gasteiger partial charge < -0.3 is 10.0 Å². The molecule has 20 heavy (non-hydrogen) atoms. The molecule has 2 rings (SSSR count). The Labute approximate surface area is 127 Å². The number of aliphatic hydroxyl groups is 1. The van der Waals surface area contributed by atoms with Gasteiger partial charge in [-0.2, -0.15) is 0 Å². The molecule has 0 amide bonds. The molecular formula is C16H17BrFNO. The summed E-state index contributed by atoms with van der Waals surface area (Å²) in [6.45, 7) is 0. The van der Waals surface area contributed by atoms with Gasteiger partial charge in [-0.15, -0.1) is 0 Å². The van der Waals surface area contributed by atoms with Crippen LogP contribution in [0.5, 0.6) is 0 Å². The Bertz CT molecular complexity index is 581. The lowest BCUT2D eigenvalue weighted by Gasteiger charge is -2.16. The smallest absolute Gasteiger partial charge is 0.124 e. The standard InChI is InChI=1S/C16H17BrFNO/c1-19(2)15-5-3-4-12(9-15)16(20)8-11-6-13(17)10-14(18)7-11/h3-7,9-10,16,20H,8H2,1-2H3. The monoisotopic (exact) mass is 337 g/mol. The molecule has 1 atom stereocenters. The van der Waals surface area contributed by atoms with E-state index in [2.05, 4.69) is 15.9 Å². The second-order valence-electron chi connectivity index (χ2n) is 4.99. The summed E-state index contributed by atoms with van der Waals surface area (Å²) in [5.74, 6) is -0.302. The molecule has 106 valence electrons. The third kappa shape index (κ3) is 3.81. The highest BCUT2D eigenvalue weighted by Crippen LogP contribution is 2.24. The largest absolute Gasteiger partial charge is 0.388 e. The predicted molar refractivity (Wildman–Crippen MR) is 83.5 cm³/mol. The highest BCUT2D eigenvalue weighted by atomic mass is 79.9. The van der Waals surface area contributed by atoms with Crippen molar-refractivity contribution >= 4 is 21.6 Å². The molecule has 0 bridgehead atoms. The Hall–Kier alpha value is -1.39. The predicted octanol–water partition coefficient (Wildman–Crippen LogP) is 3.93. The van der Waals surface area contributed by atoms with Gasteiger partial charge in [-0.05, 0) is 41.5 Å². The minimum atomic E-state index is -0.649. The number of hydrogen-bond acceptors (Lipinski definition) is 2. The Morgan fingerprint density at radius 1 is 1.20 bits per heavy atom. The van der Waals surface area contributed by atoms with Crippen LogP contribution in [0.25, 0.3) is 0 Å². The average molecular weight is 338 g/mol. The van der Waals surface area contributed by atoms with Crippen LogP contribution >= 0.6 is 15.9 Å². The first kappa shape index (κ1) is 15.0. The molecule has 4 heteroatoms. The van der Waals surface area contributed by atoms with Crippen molar-refractivity contribution in [3.05, 3.63) is 63.9 Å². The van der Waals surface area contributed by atoms with Crippen molar-refractivity contribution in [2.75, 3.05) is 19.0 Å².